The summed E-state index contributed by atoms with van der Waals surface area (Å²) < 4.78 is 45.5. The largest absolute Gasteiger partial charge is 0.406 e. The van der Waals surface area contributed by atoms with Crippen LogP contribution in [0.4, 0.5) is 23.7 Å². The summed E-state index contributed by atoms with van der Waals surface area (Å²) >= 11 is 0. The third-order valence-corrected chi connectivity index (χ3v) is 6.31. The molecule has 1 aromatic carbocycles. The van der Waals surface area contributed by atoms with E-state index >= 15 is 0 Å². The number of nitrogens with zero attached hydrogens (tertiary/aromatic N) is 2. The van der Waals surface area contributed by atoms with E-state index in [-0.39, 0.29) is 12.1 Å². The van der Waals surface area contributed by atoms with Gasteiger partial charge in [-0.3, -0.25) is 0 Å². The van der Waals surface area contributed by atoms with Crippen LogP contribution < -0.4 is 10.6 Å². The highest BCUT2D eigenvalue weighted by Gasteiger charge is 2.30. The molecule has 1 aromatic heterocycles. The lowest BCUT2D eigenvalue weighted by molar-refractivity contribution is -0.140. The Balaban J connectivity index is 1.36. The molecule has 0 spiro atoms. The average molecular weight is 438 g/mol. The lowest BCUT2D eigenvalue weighted by Crippen LogP contribution is -2.49. The molecule has 2 N–H and O–H groups in total. The molecule has 0 unspecified atom stereocenters. The van der Waals surface area contributed by atoms with Crippen molar-refractivity contribution in [2.45, 2.75) is 57.4 Å². The van der Waals surface area contributed by atoms with Gasteiger partial charge in [0.15, 0.2) is 0 Å². The standard InChI is InChI=1S/C22H29F3N4O2/c1-15-13-18-19(3-2-4-20(18)29(15)14-22(23,24)25)27-21(30)26-16-5-9-28(10-6-16)17-7-11-31-12-8-17/h2-4,13,16-17H,5-12,14H2,1H3,(H2,26,27,30). The van der Waals surface area contributed by atoms with E-state index in [4.69, 9.17) is 4.74 Å². The summed E-state index contributed by atoms with van der Waals surface area (Å²) in [6.07, 6.45) is -0.408. The fourth-order valence-electron chi connectivity index (χ4n) is 4.72. The fourth-order valence-corrected chi connectivity index (χ4v) is 4.72. The zero-order chi connectivity index (χ0) is 22.0. The predicted molar refractivity (Wildman–Crippen MR) is 113 cm³/mol. The summed E-state index contributed by atoms with van der Waals surface area (Å²) in [6, 6.07) is 7.05. The van der Waals surface area contributed by atoms with Crippen molar-refractivity contribution in [1.82, 2.24) is 14.8 Å². The molecule has 170 valence electrons. The van der Waals surface area contributed by atoms with Crippen LogP contribution in [0.5, 0.6) is 0 Å². The van der Waals surface area contributed by atoms with Crippen molar-refractivity contribution in [3.8, 4) is 0 Å². The summed E-state index contributed by atoms with van der Waals surface area (Å²) in [5.41, 5.74) is 1.47. The molecule has 2 amide bonds. The van der Waals surface area contributed by atoms with Gasteiger partial charge in [-0.05, 0) is 50.8 Å². The minimum atomic E-state index is -4.31. The summed E-state index contributed by atoms with van der Waals surface area (Å²) in [6.45, 7) is 4.13. The number of urea groups is 1. The van der Waals surface area contributed by atoms with E-state index < -0.39 is 12.7 Å². The number of carbonyl (C=O) groups is 1. The molecule has 0 saturated carbocycles. The number of piperidine rings is 1. The van der Waals surface area contributed by atoms with Crippen LogP contribution >= 0.6 is 0 Å². The number of hydrogen-bond acceptors (Lipinski definition) is 3. The van der Waals surface area contributed by atoms with E-state index in [1.54, 1.807) is 31.2 Å². The van der Waals surface area contributed by atoms with Crippen LogP contribution in [0.25, 0.3) is 10.9 Å². The van der Waals surface area contributed by atoms with Gasteiger partial charge in [0.2, 0.25) is 0 Å². The number of rotatable bonds is 4. The molecule has 2 aliphatic heterocycles. The first-order chi connectivity index (χ1) is 14.8. The van der Waals surface area contributed by atoms with Gasteiger partial charge in [-0.2, -0.15) is 13.2 Å². The molecule has 31 heavy (non-hydrogen) atoms. The van der Waals surface area contributed by atoms with Gasteiger partial charge in [-0.25, -0.2) is 4.79 Å². The van der Waals surface area contributed by atoms with Gasteiger partial charge in [0.05, 0.1) is 11.2 Å². The Hall–Kier alpha value is -2.26. The molecule has 2 fully saturated rings. The Bertz CT molecular complexity index is 913. The summed E-state index contributed by atoms with van der Waals surface area (Å²) in [7, 11) is 0. The fraction of sp³-hybridized carbons (Fsp3) is 0.591. The van der Waals surface area contributed by atoms with Crippen LogP contribution in [0.1, 0.15) is 31.4 Å². The predicted octanol–water partition coefficient (Wildman–Crippen LogP) is 4.28. The van der Waals surface area contributed by atoms with Crippen LogP contribution in [0.15, 0.2) is 24.3 Å². The van der Waals surface area contributed by atoms with Crippen LogP contribution in [-0.2, 0) is 11.3 Å². The number of amides is 2. The lowest BCUT2D eigenvalue weighted by atomic mass is 10.00. The van der Waals surface area contributed by atoms with Crippen molar-refractivity contribution in [3.05, 3.63) is 30.0 Å². The number of aryl methyl sites for hydroxylation is 1. The van der Waals surface area contributed by atoms with Gasteiger partial charge in [0.25, 0.3) is 0 Å². The van der Waals surface area contributed by atoms with Crippen LogP contribution in [-0.4, -0.2) is 60.1 Å². The first kappa shape index (κ1) is 22.0. The van der Waals surface area contributed by atoms with Crippen molar-refractivity contribution < 1.29 is 22.7 Å². The normalized spacial score (nSPS) is 19.6. The molecule has 0 radical (unpaired) electrons. The SMILES string of the molecule is Cc1cc2c(NC(=O)NC3CCN(C4CCOCC4)CC3)cccc2n1CC(F)(F)F. The quantitative estimate of drug-likeness (QED) is 0.749. The van der Waals surface area contributed by atoms with Crippen LogP contribution in [0, 0.1) is 6.92 Å². The third kappa shape index (κ3) is 5.33. The van der Waals surface area contributed by atoms with Gasteiger partial charge in [0, 0.05) is 49.5 Å². The number of anilines is 1. The highest BCUT2D eigenvalue weighted by molar-refractivity contribution is 6.01. The van der Waals surface area contributed by atoms with E-state index in [2.05, 4.69) is 15.5 Å². The van der Waals surface area contributed by atoms with E-state index in [1.165, 1.54) is 4.57 Å². The maximum atomic E-state index is 12.9. The molecule has 3 heterocycles. The number of likely N-dealkylation sites (tertiary alicyclic amines) is 1. The molecular formula is C22H29F3N4O2. The molecule has 0 aliphatic carbocycles. The number of halogens is 3. The zero-order valence-corrected chi connectivity index (χ0v) is 17.7. The Morgan fingerprint density at radius 2 is 1.87 bits per heavy atom. The first-order valence-electron chi connectivity index (χ1n) is 10.8. The molecule has 0 bridgehead atoms. The number of nitrogens with one attached hydrogen (secondary N) is 2. The minimum absolute atomic E-state index is 0.0897. The van der Waals surface area contributed by atoms with Gasteiger partial charge in [0.1, 0.15) is 6.54 Å². The molecule has 2 aromatic rings. The zero-order valence-electron chi connectivity index (χ0n) is 17.7. The summed E-state index contributed by atoms with van der Waals surface area (Å²) in [4.78, 5) is 15.1. The second-order valence-electron chi connectivity index (χ2n) is 8.48. The maximum Gasteiger partial charge on any atom is 0.406 e. The number of fused-ring (bicyclic) bond motifs is 1. The lowest BCUT2D eigenvalue weighted by Gasteiger charge is -2.39. The second-order valence-corrected chi connectivity index (χ2v) is 8.48. The molecular weight excluding hydrogens is 409 g/mol. The Morgan fingerprint density at radius 1 is 1.16 bits per heavy atom. The topological polar surface area (TPSA) is 58.5 Å². The van der Waals surface area contributed by atoms with Crippen LogP contribution in [0.3, 0.4) is 0 Å². The van der Waals surface area contributed by atoms with Gasteiger partial charge < -0.3 is 24.8 Å². The van der Waals surface area contributed by atoms with Gasteiger partial charge in [-0.1, -0.05) is 6.07 Å². The number of carbonyl (C=O) groups excluding carboxylic acids is 1. The monoisotopic (exact) mass is 438 g/mol. The molecule has 9 heteroatoms. The van der Waals surface area contributed by atoms with Crippen molar-refractivity contribution >= 4 is 22.6 Å². The summed E-state index contributed by atoms with van der Waals surface area (Å²) in [5.74, 6) is 0. The maximum absolute atomic E-state index is 12.9. The van der Waals surface area contributed by atoms with E-state index in [1.807, 2.05) is 0 Å². The number of benzene rings is 1. The van der Waals surface area contributed by atoms with E-state index in [0.29, 0.717) is 28.3 Å². The average Bonchev–Trinajstić information content (AvgIpc) is 3.04. The Kier molecular flexibility index (Phi) is 6.43. The van der Waals surface area contributed by atoms with Crippen molar-refractivity contribution in [3.63, 3.8) is 0 Å². The number of alkyl halides is 3. The molecule has 4 rings (SSSR count). The third-order valence-electron chi connectivity index (χ3n) is 6.31. The molecule has 2 aliphatic rings. The Labute approximate surface area is 179 Å². The first-order valence-corrected chi connectivity index (χ1v) is 10.8. The number of hydrogen-bond donors (Lipinski definition) is 2. The van der Waals surface area contributed by atoms with Gasteiger partial charge >= 0.3 is 12.2 Å². The highest BCUT2D eigenvalue weighted by Crippen LogP contribution is 2.30. The smallest absolute Gasteiger partial charge is 0.381 e. The number of ether oxygens (including phenoxy) is 1. The second kappa shape index (κ2) is 9.08. The molecule has 0 atom stereocenters. The molecule has 2 saturated heterocycles. The number of aromatic nitrogens is 1. The van der Waals surface area contributed by atoms with Crippen molar-refractivity contribution in [2.75, 3.05) is 31.6 Å². The van der Waals surface area contributed by atoms with Crippen molar-refractivity contribution in [2.24, 2.45) is 0 Å². The van der Waals surface area contributed by atoms with Gasteiger partial charge in [-0.15, -0.1) is 0 Å². The molecule has 6 nitrogen and oxygen atoms in total. The minimum Gasteiger partial charge on any atom is -0.381 e. The van der Waals surface area contributed by atoms with E-state index in [9.17, 15) is 18.0 Å². The van der Waals surface area contributed by atoms with Crippen molar-refractivity contribution in [1.29, 1.82) is 0 Å². The van der Waals surface area contributed by atoms with Crippen LogP contribution in [0.2, 0.25) is 0 Å². The Morgan fingerprint density at radius 3 is 2.55 bits per heavy atom. The van der Waals surface area contributed by atoms with E-state index in [0.717, 1.165) is 52.0 Å². The highest BCUT2D eigenvalue weighted by atomic mass is 19.4. The summed E-state index contributed by atoms with van der Waals surface area (Å²) in [5, 5.41) is 6.47.